The summed E-state index contributed by atoms with van der Waals surface area (Å²) in [5.41, 5.74) is 2.89. The number of hydrogen-bond acceptors (Lipinski definition) is 3. The highest BCUT2D eigenvalue weighted by Crippen LogP contribution is 2.36. The maximum Gasteiger partial charge on any atom is 0.242 e. The van der Waals surface area contributed by atoms with Crippen molar-refractivity contribution in [2.75, 3.05) is 14.6 Å². The Balaban J connectivity index is 2.22. The molecule has 1 aromatic carbocycles. The minimum Gasteiger partial charge on any atom is -0.378 e. The lowest BCUT2D eigenvalue weighted by Gasteiger charge is -2.22. The van der Waals surface area contributed by atoms with Crippen molar-refractivity contribution in [1.29, 1.82) is 0 Å². The van der Waals surface area contributed by atoms with Gasteiger partial charge in [-0.15, -0.1) is 0 Å². The molecule has 1 N–H and O–H groups in total. The summed E-state index contributed by atoms with van der Waals surface area (Å²) in [6.07, 6.45) is 1.71. The first kappa shape index (κ1) is 12.4. The minimum absolute atomic E-state index is 0.0386. The molecule has 1 amide bonds. The molecule has 0 saturated carbocycles. The van der Waals surface area contributed by atoms with Crippen molar-refractivity contribution in [1.82, 2.24) is 4.98 Å². The molecule has 4 nitrogen and oxygen atoms in total. The van der Waals surface area contributed by atoms with E-state index in [1.165, 1.54) is 0 Å². The summed E-state index contributed by atoms with van der Waals surface area (Å²) in [6.45, 7) is 0.694. The molecule has 0 fully saturated rings. The van der Waals surface area contributed by atoms with Gasteiger partial charge in [-0.05, 0) is 23.8 Å². The number of halogens is 1. The van der Waals surface area contributed by atoms with E-state index in [4.69, 9.17) is 0 Å². The summed E-state index contributed by atoms with van der Waals surface area (Å²) in [6, 6.07) is 11.7. The van der Waals surface area contributed by atoms with Crippen LogP contribution in [0.2, 0.25) is 0 Å². The third-order valence-corrected chi connectivity index (χ3v) is 3.72. The Hall–Kier alpha value is -1.63. The molecular formula is C14H12IN3O. The van der Waals surface area contributed by atoms with E-state index in [0.29, 0.717) is 16.8 Å². The second-order valence-corrected chi connectivity index (χ2v) is 4.98. The smallest absolute Gasteiger partial charge is 0.242 e. The summed E-state index contributed by atoms with van der Waals surface area (Å²) in [7, 11) is 0. The van der Waals surface area contributed by atoms with E-state index in [-0.39, 0.29) is 5.91 Å². The van der Waals surface area contributed by atoms with Crippen LogP contribution in [0.15, 0.2) is 42.6 Å². The zero-order chi connectivity index (χ0) is 13.2. The van der Waals surface area contributed by atoms with Crippen LogP contribution in [0.4, 0.5) is 17.2 Å². The molecule has 96 valence electrons. The Morgan fingerprint density at radius 1 is 1.32 bits per heavy atom. The Morgan fingerprint density at radius 2 is 2.16 bits per heavy atom. The minimum atomic E-state index is 0.0386. The van der Waals surface area contributed by atoms with Crippen LogP contribution in [0.3, 0.4) is 0 Å². The normalized spacial score (nSPS) is 13.0. The fraction of sp³-hybridized carbons (Fsp3) is 0.143. The highest BCUT2D eigenvalue weighted by molar-refractivity contribution is 14.1. The number of benzene rings is 1. The number of alkyl halides is 1. The fourth-order valence-electron chi connectivity index (χ4n) is 2.21. The molecule has 0 bridgehead atoms. The Bertz CT molecular complexity index is 582. The molecule has 2 aromatic rings. The number of anilines is 3. The lowest BCUT2D eigenvalue weighted by Crippen LogP contribution is -2.28. The molecule has 1 aliphatic rings. The van der Waals surface area contributed by atoms with Gasteiger partial charge < -0.3 is 5.32 Å². The Labute approximate surface area is 125 Å². The molecule has 2 heterocycles. The van der Waals surface area contributed by atoms with Crippen LogP contribution >= 0.6 is 22.6 Å². The quantitative estimate of drug-likeness (QED) is 0.624. The lowest BCUT2D eigenvalue weighted by molar-refractivity contribution is -0.115. The zero-order valence-corrected chi connectivity index (χ0v) is 12.3. The molecule has 0 saturated heterocycles. The third kappa shape index (κ3) is 2.18. The predicted octanol–water partition coefficient (Wildman–Crippen LogP) is 3.11. The van der Waals surface area contributed by atoms with E-state index < -0.39 is 0 Å². The Morgan fingerprint density at radius 3 is 3.00 bits per heavy atom. The first-order valence-electron chi connectivity index (χ1n) is 5.97. The second kappa shape index (κ2) is 5.16. The molecule has 0 radical (unpaired) electrons. The lowest BCUT2D eigenvalue weighted by atomic mass is 10.1. The van der Waals surface area contributed by atoms with Crippen molar-refractivity contribution in [3.8, 4) is 0 Å². The van der Waals surface area contributed by atoms with Crippen molar-refractivity contribution < 1.29 is 4.79 Å². The number of carbonyl (C=O) groups excluding carboxylic acids is 1. The zero-order valence-electron chi connectivity index (χ0n) is 10.1. The molecule has 0 spiro atoms. The maximum atomic E-state index is 12.3. The number of fused-ring (bicyclic) bond motifs is 2. The second-order valence-electron chi connectivity index (χ2n) is 4.22. The number of nitrogens with one attached hydrogen (secondary N) is 1. The van der Waals surface area contributed by atoms with Gasteiger partial charge in [0, 0.05) is 12.7 Å². The molecule has 0 atom stereocenters. The number of para-hydroxylation sites is 1. The largest absolute Gasteiger partial charge is 0.378 e. The van der Waals surface area contributed by atoms with E-state index in [1.807, 2.05) is 36.4 Å². The van der Waals surface area contributed by atoms with Gasteiger partial charge in [0.15, 0.2) is 5.82 Å². The molecule has 19 heavy (non-hydrogen) atoms. The van der Waals surface area contributed by atoms with Crippen LogP contribution < -0.4 is 10.2 Å². The molecule has 0 unspecified atom stereocenters. The van der Waals surface area contributed by atoms with Crippen molar-refractivity contribution in [2.45, 2.75) is 6.54 Å². The van der Waals surface area contributed by atoms with Crippen LogP contribution in [-0.2, 0) is 11.3 Å². The number of nitrogens with zero attached hydrogens (tertiary/aromatic N) is 2. The van der Waals surface area contributed by atoms with Gasteiger partial charge in [0.25, 0.3) is 0 Å². The molecule has 1 aromatic heterocycles. The molecule has 1 aliphatic heterocycles. The third-order valence-electron chi connectivity index (χ3n) is 3.06. The van der Waals surface area contributed by atoms with Gasteiger partial charge in [-0.25, -0.2) is 4.98 Å². The van der Waals surface area contributed by atoms with Gasteiger partial charge >= 0.3 is 0 Å². The standard InChI is InChI=1S/C14H12IN3O/c15-8-13(19)18-12-6-2-1-4-10(12)9-17-11-5-3-7-16-14(11)18/h1-7,17H,8-9H2. The van der Waals surface area contributed by atoms with Gasteiger partial charge in [0.05, 0.1) is 15.8 Å². The summed E-state index contributed by atoms with van der Waals surface area (Å²) < 4.78 is 0.419. The first-order valence-corrected chi connectivity index (χ1v) is 7.49. The number of amides is 1. The van der Waals surface area contributed by atoms with Gasteiger partial charge in [-0.3, -0.25) is 9.69 Å². The number of rotatable bonds is 1. The fourth-order valence-corrected chi connectivity index (χ4v) is 2.55. The molecule has 5 heteroatoms. The van der Waals surface area contributed by atoms with Crippen molar-refractivity contribution in [3.63, 3.8) is 0 Å². The summed E-state index contributed by atoms with van der Waals surface area (Å²) in [5, 5.41) is 3.33. The van der Waals surface area contributed by atoms with Gasteiger partial charge in [-0.2, -0.15) is 0 Å². The van der Waals surface area contributed by atoms with Gasteiger partial charge in [0.1, 0.15) is 0 Å². The summed E-state index contributed by atoms with van der Waals surface area (Å²) in [5.74, 6) is 0.714. The van der Waals surface area contributed by atoms with Crippen LogP contribution in [0.5, 0.6) is 0 Å². The first-order chi connectivity index (χ1) is 9.31. The average Bonchev–Trinajstić information content (AvgIpc) is 2.63. The van der Waals surface area contributed by atoms with E-state index in [2.05, 4.69) is 32.9 Å². The molecule has 0 aliphatic carbocycles. The topological polar surface area (TPSA) is 45.2 Å². The number of pyridine rings is 1. The molecule has 3 rings (SSSR count). The van der Waals surface area contributed by atoms with E-state index in [1.54, 1.807) is 11.1 Å². The van der Waals surface area contributed by atoms with Crippen LogP contribution in [-0.4, -0.2) is 15.3 Å². The van der Waals surface area contributed by atoms with Crippen LogP contribution in [0, 0.1) is 0 Å². The average molecular weight is 365 g/mol. The van der Waals surface area contributed by atoms with Crippen LogP contribution in [0.1, 0.15) is 5.56 Å². The van der Waals surface area contributed by atoms with Crippen molar-refractivity contribution in [3.05, 3.63) is 48.2 Å². The van der Waals surface area contributed by atoms with Gasteiger partial charge in [-0.1, -0.05) is 40.8 Å². The highest BCUT2D eigenvalue weighted by atomic mass is 127. The highest BCUT2D eigenvalue weighted by Gasteiger charge is 2.25. The van der Waals surface area contributed by atoms with E-state index in [9.17, 15) is 4.79 Å². The molecular weight excluding hydrogens is 353 g/mol. The van der Waals surface area contributed by atoms with Crippen LogP contribution in [0.25, 0.3) is 0 Å². The SMILES string of the molecule is O=C(CI)N1c2ccccc2CNc2cccnc21. The monoisotopic (exact) mass is 365 g/mol. The van der Waals surface area contributed by atoms with Crippen molar-refractivity contribution in [2.24, 2.45) is 0 Å². The van der Waals surface area contributed by atoms with Gasteiger partial charge in [0.2, 0.25) is 5.91 Å². The number of hydrogen-bond donors (Lipinski definition) is 1. The van der Waals surface area contributed by atoms with E-state index >= 15 is 0 Å². The van der Waals surface area contributed by atoms with E-state index in [0.717, 1.165) is 16.9 Å². The van der Waals surface area contributed by atoms with Crippen molar-refractivity contribution >= 4 is 45.7 Å². The Kier molecular flexibility index (Phi) is 3.37. The summed E-state index contributed by atoms with van der Waals surface area (Å²) >= 11 is 2.09. The number of aromatic nitrogens is 1. The number of carbonyl (C=O) groups is 1. The maximum absolute atomic E-state index is 12.3. The predicted molar refractivity (Wildman–Crippen MR) is 84.0 cm³/mol. The summed E-state index contributed by atoms with van der Waals surface area (Å²) in [4.78, 5) is 18.4.